The first kappa shape index (κ1) is 10.1. The maximum atomic E-state index is 8.15. The van der Waals surface area contributed by atoms with Crippen LogP contribution in [0, 0.1) is 13.7 Å². The number of rotatable bonds is 1. The molecule has 0 amide bonds. The molecule has 0 spiro atoms. The van der Waals surface area contributed by atoms with E-state index in [1.165, 1.54) is 6.20 Å². The first-order valence-electron chi connectivity index (χ1n) is 11.8. The van der Waals surface area contributed by atoms with E-state index in [4.69, 9.17) is 8.22 Å². The quantitative estimate of drug-likeness (QED) is 0.329. The van der Waals surface area contributed by atoms with Crippen molar-refractivity contribution in [1.29, 1.82) is 0 Å². The van der Waals surface area contributed by atoms with E-state index in [9.17, 15) is 0 Å². The first-order chi connectivity index (χ1) is 15.7. The van der Waals surface area contributed by atoms with Gasteiger partial charge in [-0.25, -0.2) is 0 Å². The minimum Gasteiger partial charge on any atom is -0.306 e. The van der Waals surface area contributed by atoms with Crippen LogP contribution in [0.4, 0.5) is 0 Å². The highest BCUT2D eigenvalue weighted by atomic mass is 14.9. The van der Waals surface area contributed by atoms with E-state index in [0.717, 1.165) is 38.3 Å². The molecule has 0 radical (unpaired) electrons. The van der Waals surface area contributed by atoms with Crippen molar-refractivity contribution in [2.75, 3.05) is 0 Å². The van der Waals surface area contributed by atoms with Crippen molar-refractivity contribution in [2.45, 2.75) is 13.7 Å². The number of nitrogens with zero attached hydrogens (tertiary/aromatic N) is 2. The summed E-state index contributed by atoms with van der Waals surface area (Å²) >= 11 is 0. The summed E-state index contributed by atoms with van der Waals surface area (Å²) in [7, 11) is 0. The van der Waals surface area contributed by atoms with Crippen LogP contribution in [0.5, 0.6) is 0 Å². The monoisotopic (exact) mass is 352 g/mol. The maximum absolute atomic E-state index is 8.15. The molecule has 0 atom stereocenters. The number of hydrogen-bond acceptors (Lipinski definition) is 1. The zero-order valence-electron chi connectivity index (χ0n) is 20.3. The average Bonchev–Trinajstić information content (AvgIpc) is 3.30. The summed E-state index contributed by atoms with van der Waals surface area (Å²) in [5.74, 6) is 0. The standard InChI is InChI=1S/C25H18N2/c1-15-10-12-17(13-11-15)23-25-22(16(2)14-26-23)20-8-5-7-19-18-6-3-4-9-21(18)27(25)24(19)20/h3-14H,1-2H3/i1D3,2D3. The molecule has 0 saturated carbocycles. The largest absolute Gasteiger partial charge is 0.306 e. The molecule has 6 rings (SSSR count). The molecule has 2 heteroatoms. The first-order valence-corrected chi connectivity index (χ1v) is 8.83. The van der Waals surface area contributed by atoms with E-state index in [1.807, 2.05) is 30.3 Å². The van der Waals surface area contributed by atoms with Gasteiger partial charge in [-0.15, -0.1) is 0 Å². The van der Waals surface area contributed by atoms with E-state index in [-0.39, 0.29) is 11.1 Å². The molecule has 6 aromatic rings. The third-order valence-electron chi connectivity index (χ3n) is 5.40. The molecule has 0 N–H and O–H groups in total. The van der Waals surface area contributed by atoms with Crippen LogP contribution in [0.25, 0.3) is 49.4 Å². The second-order valence-corrected chi connectivity index (χ2v) is 6.88. The molecule has 27 heavy (non-hydrogen) atoms. The van der Waals surface area contributed by atoms with E-state index in [0.29, 0.717) is 11.1 Å². The van der Waals surface area contributed by atoms with Crippen molar-refractivity contribution in [2.24, 2.45) is 0 Å². The molecule has 128 valence electrons. The van der Waals surface area contributed by atoms with Gasteiger partial charge in [0.25, 0.3) is 0 Å². The second-order valence-electron chi connectivity index (χ2n) is 6.88. The molecule has 3 heterocycles. The van der Waals surface area contributed by atoms with Crippen molar-refractivity contribution in [3.63, 3.8) is 0 Å². The molecule has 0 bridgehead atoms. The molecule has 3 aromatic carbocycles. The SMILES string of the molecule is [2H]C([2H])([2H])c1ccc(-c2ncc(C([2H])([2H])[2H])c3c4cccc5c6ccccc6n(c23)c54)cc1. The molecule has 0 saturated heterocycles. The summed E-state index contributed by atoms with van der Waals surface area (Å²) in [4.78, 5) is 4.61. The fraction of sp³-hybridized carbons (Fsp3) is 0.0800. The van der Waals surface area contributed by atoms with Crippen LogP contribution in [0.2, 0.25) is 0 Å². The highest BCUT2D eigenvalue weighted by Crippen LogP contribution is 2.42. The van der Waals surface area contributed by atoms with Crippen molar-refractivity contribution in [3.8, 4) is 11.3 Å². The number of fused-ring (bicyclic) bond motifs is 6. The van der Waals surface area contributed by atoms with Crippen LogP contribution in [0.15, 0.2) is 72.9 Å². The van der Waals surface area contributed by atoms with Crippen LogP contribution in [-0.2, 0) is 0 Å². The topological polar surface area (TPSA) is 17.3 Å². The Bertz CT molecular complexity index is 1670. The zero-order valence-corrected chi connectivity index (χ0v) is 14.3. The molecular formula is C25H18N2. The van der Waals surface area contributed by atoms with Crippen LogP contribution in [0.1, 0.15) is 19.4 Å². The fourth-order valence-electron chi connectivity index (χ4n) is 4.28. The van der Waals surface area contributed by atoms with Gasteiger partial charge in [0.15, 0.2) is 0 Å². The van der Waals surface area contributed by atoms with Gasteiger partial charge in [0.2, 0.25) is 0 Å². The van der Waals surface area contributed by atoms with Crippen molar-refractivity contribution < 1.29 is 8.22 Å². The third-order valence-corrected chi connectivity index (χ3v) is 5.40. The summed E-state index contributed by atoms with van der Waals surface area (Å²) in [6.07, 6.45) is 1.44. The van der Waals surface area contributed by atoms with Crippen LogP contribution in [0.3, 0.4) is 0 Å². The molecule has 0 aliphatic rings. The van der Waals surface area contributed by atoms with Gasteiger partial charge in [0, 0.05) is 41.5 Å². The minimum absolute atomic E-state index is 0.209. The third kappa shape index (κ3) is 1.82. The van der Waals surface area contributed by atoms with Crippen molar-refractivity contribution in [3.05, 3.63) is 84.1 Å². The average molecular weight is 352 g/mol. The molecule has 0 aliphatic heterocycles. The van der Waals surface area contributed by atoms with Gasteiger partial charge in [0.1, 0.15) is 0 Å². The molecule has 0 fully saturated rings. The summed E-state index contributed by atoms with van der Waals surface area (Å²) in [6.45, 7) is -4.53. The van der Waals surface area contributed by atoms with Crippen molar-refractivity contribution in [1.82, 2.24) is 9.38 Å². The lowest BCUT2D eigenvalue weighted by atomic mass is 10.0. The number of para-hydroxylation sites is 2. The summed E-state index contributed by atoms with van der Waals surface area (Å²) < 4.78 is 49.5. The lowest BCUT2D eigenvalue weighted by Gasteiger charge is -2.07. The maximum Gasteiger partial charge on any atom is 0.0949 e. The van der Waals surface area contributed by atoms with Gasteiger partial charge in [-0.1, -0.05) is 66.2 Å². The molecular weight excluding hydrogens is 328 g/mol. The summed E-state index contributed by atoms with van der Waals surface area (Å²) in [5.41, 5.74) is 4.47. The van der Waals surface area contributed by atoms with Gasteiger partial charge in [-0.2, -0.15) is 0 Å². The molecule has 3 aromatic heterocycles. The minimum atomic E-state index is -2.33. The van der Waals surface area contributed by atoms with E-state index in [1.54, 1.807) is 24.3 Å². The van der Waals surface area contributed by atoms with Gasteiger partial charge in [-0.05, 0) is 25.3 Å². The Labute approximate surface area is 165 Å². The Morgan fingerprint density at radius 2 is 1.59 bits per heavy atom. The Balaban J connectivity index is 1.81. The van der Waals surface area contributed by atoms with Crippen LogP contribution >= 0.6 is 0 Å². The number of aryl methyl sites for hydroxylation is 2. The Kier molecular flexibility index (Phi) is 1.89. The van der Waals surface area contributed by atoms with Crippen LogP contribution < -0.4 is 0 Å². The second kappa shape index (κ2) is 5.08. The predicted octanol–water partition coefficient (Wildman–Crippen LogP) is 6.52. The van der Waals surface area contributed by atoms with Gasteiger partial charge < -0.3 is 4.40 Å². The van der Waals surface area contributed by atoms with Gasteiger partial charge in [-0.3, -0.25) is 4.98 Å². The van der Waals surface area contributed by atoms with Crippen molar-refractivity contribution >= 4 is 38.1 Å². The number of benzene rings is 3. The highest BCUT2D eigenvalue weighted by molar-refractivity contribution is 6.25. The normalized spacial score (nSPS) is 16.3. The predicted molar refractivity (Wildman–Crippen MR) is 114 cm³/mol. The Morgan fingerprint density at radius 3 is 2.44 bits per heavy atom. The van der Waals surface area contributed by atoms with E-state index >= 15 is 0 Å². The number of aromatic nitrogens is 2. The fourth-order valence-corrected chi connectivity index (χ4v) is 4.28. The van der Waals surface area contributed by atoms with E-state index in [2.05, 4.69) is 21.5 Å². The lowest BCUT2D eigenvalue weighted by Crippen LogP contribution is -1.91. The summed E-state index contributed by atoms with van der Waals surface area (Å²) in [5, 5.41) is 3.67. The zero-order chi connectivity index (χ0) is 23.1. The Morgan fingerprint density at radius 1 is 0.778 bits per heavy atom. The molecule has 2 nitrogen and oxygen atoms in total. The molecule has 0 aliphatic carbocycles. The van der Waals surface area contributed by atoms with Gasteiger partial charge in [0.05, 0.1) is 22.2 Å². The smallest absolute Gasteiger partial charge is 0.0949 e. The lowest BCUT2D eigenvalue weighted by molar-refractivity contribution is 1.27. The highest BCUT2D eigenvalue weighted by Gasteiger charge is 2.21. The summed E-state index contributed by atoms with van der Waals surface area (Å²) in [6, 6.07) is 20.7. The van der Waals surface area contributed by atoms with Crippen LogP contribution in [-0.4, -0.2) is 9.38 Å². The van der Waals surface area contributed by atoms with Gasteiger partial charge >= 0.3 is 0 Å². The Hall–Kier alpha value is -3.39. The number of hydrogen-bond donors (Lipinski definition) is 0. The molecule has 0 unspecified atom stereocenters. The van der Waals surface area contributed by atoms with E-state index < -0.39 is 13.7 Å². The number of pyridine rings is 1.